The summed E-state index contributed by atoms with van der Waals surface area (Å²) in [6.07, 6.45) is 0. The standard InChI is InChI=1S/C16H11ClN2O4S/c17-10-5-6-14(13(9-10)19(22)23)24-8-7-18-15(20)11-3-1-2-4-12(11)16(18)21/h1-6,9H,7-8H2. The fourth-order valence-electron chi connectivity index (χ4n) is 2.44. The van der Waals surface area contributed by atoms with Gasteiger partial charge >= 0.3 is 0 Å². The number of thioether (sulfide) groups is 1. The first-order valence-corrected chi connectivity index (χ1v) is 8.37. The van der Waals surface area contributed by atoms with Crippen molar-refractivity contribution in [2.75, 3.05) is 12.3 Å². The third-order valence-corrected chi connectivity index (χ3v) is 4.85. The summed E-state index contributed by atoms with van der Waals surface area (Å²) >= 11 is 6.98. The first-order valence-electron chi connectivity index (χ1n) is 7.01. The number of imide groups is 1. The van der Waals surface area contributed by atoms with Crippen LogP contribution in [0.25, 0.3) is 0 Å². The van der Waals surface area contributed by atoms with Crippen LogP contribution in [0.3, 0.4) is 0 Å². The molecule has 122 valence electrons. The van der Waals surface area contributed by atoms with E-state index in [-0.39, 0.29) is 29.1 Å². The van der Waals surface area contributed by atoms with E-state index < -0.39 is 4.92 Å². The van der Waals surface area contributed by atoms with Crippen molar-refractivity contribution >= 4 is 40.9 Å². The van der Waals surface area contributed by atoms with Gasteiger partial charge in [-0.05, 0) is 24.3 Å². The molecule has 0 atom stereocenters. The highest BCUT2D eigenvalue weighted by Gasteiger charge is 2.34. The first-order chi connectivity index (χ1) is 11.5. The van der Waals surface area contributed by atoms with Crippen LogP contribution < -0.4 is 0 Å². The monoisotopic (exact) mass is 362 g/mol. The Hall–Kier alpha value is -2.38. The highest BCUT2D eigenvalue weighted by atomic mass is 35.5. The van der Waals surface area contributed by atoms with Crippen LogP contribution in [0.4, 0.5) is 5.69 Å². The van der Waals surface area contributed by atoms with Crippen molar-refractivity contribution in [1.82, 2.24) is 4.90 Å². The molecule has 1 aliphatic heterocycles. The van der Waals surface area contributed by atoms with E-state index in [4.69, 9.17) is 11.6 Å². The van der Waals surface area contributed by atoms with Crippen molar-refractivity contribution < 1.29 is 14.5 Å². The highest BCUT2D eigenvalue weighted by molar-refractivity contribution is 7.99. The van der Waals surface area contributed by atoms with Gasteiger partial charge in [0.05, 0.1) is 20.9 Å². The molecule has 6 nitrogen and oxygen atoms in total. The molecule has 2 aromatic rings. The van der Waals surface area contributed by atoms with Gasteiger partial charge in [-0.3, -0.25) is 24.6 Å². The molecule has 0 aliphatic carbocycles. The maximum absolute atomic E-state index is 12.2. The Bertz CT molecular complexity index is 821. The largest absolute Gasteiger partial charge is 0.284 e. The Labute approximate surface area is 146 Å². The number of amides is 2. The molecule has 0 bridgehead atoms. The first kappa shape index (κ1) is 16.5. The molecule has 0 radical (unpaired) electrons. The van der Waals surface area contributed by atoms with E-state index in [1.54, 1.807) is 36.4 Å². The summed E-state index contributed by atoms with van der Waals surface area (Å²) in [7, 11) is 0. The Kier molecular flexibility index (Phi) is 4.55. The number of carbonyl (C=O) groups is 2. The maximum atomic E-state index is 12.2. The number of rotatable bonds is 5. The lowest BCUT2D eigenvalue weighted by molar-refractivity contribution is -0.387. The van der Waals surface area contributed by atoms with Gasteiger partial charge in [-0.2, -0.15) is 0 Å². The lowest BCUT2D eigenvalue weighted by atomic mass is 10.1. The van der Waals surface area contributed by atoms with Gasteiger partial charge in [-0.25, -0.2) is 0 Å². The normalized spacial score (nSPS) is 13.3. The van der Waals surface area contributed by atoms with Crippen LogP contribution >= 0.6 is 23.4 Å². The molecule has 0 unspecified atom stereocenters. The maximum Gasteiger partial charge on any atom is 0.284 e. The SMILES string of the molecule is O=C1c2ccccc2C(=O)N1CCSc1ccc(Cl)cc1[N+](=O)[O-]. The molecule has 0 saturated carbocycles. The zero-order valence-corrected chi connectivity index (χ0v) is 13.8. The molecule has 3 rings (SSSR count). The van der Waals surface area contributed by atoms with E-state index in [0.29, 0.717) is 21.8 Å². The van der Waals surface area contributed by atoms with Gasteiger partial charge in [0, 0.05) is 23.4 Å². The van der Waals surface area contributed by atoms with Gasteiger partial charge in [-0.15, -0.1) is 11.8 Å². The summed E-state index contributed by atoms with van der Waals surface area (Å²) in [4.78, 5) is 36.6. The van der Waals surface area contributed by atoms with Crippen LogP contribution in [0.15, 0.2) is 47.4 Å². The van der Waals surface area contributed by atoms with E-state index in [1.165, 1.54) is 22.7 Å². The molecule has 0 spiro atoms. The summed E-state index contributed by atoms with van der Waals surface area (Å²) < 4.78 is 0. The molecule has 0 aromatic heterocycles. The smallest absolute Gasteiger partial charge is 0.273 e. The second-order valence-electron chi connectivity index (χ2n) is 5.03. The molecule has 1 aliphatic rings. The van der Waals surface area contributed by atoms with Gasteiger partial charge in [0.1, 0.15) is 0 Å². The van der Waals surface area contributed by atoms with E-state index >= 15 is 0 Å². The molecule has 8 heteroatoms. The number of halogens is 1. The van der Waals surface area contributed by atoms with Gasteiger partial charge < -0.3 is 0 Å². The van der Waals surface area contributed by atoms with Crippen LogP contribution in [-0.2, 0) is 0 Å². The Morgan fingerprint density at radius 1 is 1.08 bits per heavy atom. The summed E-state index contributed by atoms with van der Waals surface area (Å²) in [5.74, 6) is -0.308. The molecule has 24 heavy (non-hydrogen) atoms. The third kappa shape index (κ3) is 3.00. The lowest BCUT2D eigenvalue weighted by Gasteiger charge is -2.13. The fourth-order valence-corrected chi connectivity index (χ4v) is 3.55. The van der Waals surface area contributed by atoms with Gasteiger partial charge in [0.25, 0.3) is 17.5 Å². The second-order valence-corrected chi connectivity index (χ2v) is 6.60. The fraction of sp³-hybridized carbons (Fsp3) is 0.125. The molecule has 0 N–H and O–H groups in total. The number of hydrogen-bond acceptors (Lipinski definition) is 5. The lowest BCUT2D eigenvalue weighted by Crippen LogP contribution is -2.31. The summed E-state index contributed by atoms with van der Waals surface area (Å²) in [6.45, 7) is 0.177. The van der Waals surface area contributed by atoms with Crippen LogP contribution in [0.1, 0.15) is 20.7 Å². The van der Waals surface area contributed by atoms with Crippen LogP contribution in [0, 0.1) is 10.1 Å². The van der Waals surface area contributed by atoms with E-state index in [9.17, 15) is 19.7 Å². The predicted octanol–water partition coefficient (Wildman–Crippen LogP) is 3.64. The van der Waals surface area contributed by atoms with Crippen molar-refractivity contribution in [3.63, 3.8) is 0 Å². The summed E-state index contributed by atoms with van der Waals surface area (Å²) in [6, 6.07) is 11.1. The Morgan fingerprint density at radius 2 is 1.71 bits per heavy atom. The summed E-state index contributed by atoms with van der Waals surface area (Å²) in [5.41, 5.74) is 0.699. The Morgan fingerprint density at radius 3 is 2.29 bits per heavy atom. The third-order valence-electron chi connectivity index (χ3n) is 3.57. The van der Waals surface area contributed by atoms with Gasteiger partial charge in [0.15, 0.2) is 0 Å². The van der Waals surface area contributed by atoms with E-state index in [0.717, 1.165) is 0 Å². The highest BCUT2D eigenvalue weighted by Crippen LogP contribution is 2.32. The summed E-state index contributed by atoms with van der Waals surface area (Å²) in [5, 5.41) is 11.3. The molecular formula is C16H11ClN2O4S. The van der Waals surface area contributed by atoms with E-state index in [2.05, 4.69) is 0 Å². The second kappa shape index (κ2) is 6.62. The van der Waals surface area contributed by atoms with Crippen molar-refractivity contribution in [2.45, 2.75) is 4.90 Å². The minimum absolute atomic E-state index is 0.0881. The Balaban J connectivity index is 1.69. The minimum Gasteiger partial charge on any atom is -0.273 e. The average Bonchev–Trinajstić information content (AvgIpc) is 2.81. The number of nitro groups is 1. The number of nitrogens with zero attached hydrogens (tertiary/aromatic N) is 2. The van der Waals surface area contributed by atoms with Crippen molar-refractivity contribution in [2.24, 2.45) is 0 Å². The van der Waals surface area contributed by atoms with Crippen molar-refractivity contribution in [3.8, 4) is 0 Å². The molecule has 2 aromatic carbocycles. The van der Waals surface area contributed by atoms with Gasteiger partial charge in [0.2, 0.25) is 0 Å². The van der Waals surface area contributed by atoms with Crippen molar-refractivity contribution in [3.05, 3.63) is 68.7 Å². The van der Waals surface area contributed by atoms with Crippen LogP contribution in [0.5, 0.6) is 0 Å². The molecule has 0 fully saturated rings. The van der Waals surface area contributed by atoms with Crippen molar-refractivity contribution in [1.29, 1.82) is 0 Å². The van der Waals surface area contributed by atoms with Gasteiger partial charge in [-0.1, -0.05) is 23.7 Å². The van der Waals surface area contributed by atoms with Crippen LogP contribution in [0.2, 0.25) is 5.02 Å². The molecule has 0 saturated heterocycles. The number of benzene rings is 2. The van der Waals surface area contributed by atoms with E-state index in [1.807, 2.05) is 0 Å². The number of hydrogen-bond donors (Lipinski definition) is 0. The number of fused-ring (bicyclic) bond motifs is 1. The van der Waals surface area contributed by atoms with Crippen LogP contribution in [-0.4, -0.2) is 33.9 Å². The number of nitro benzene ring substituents is 1. The average molecular weight is 363 g/mol. The molecule has 1 heterocycles. The minimum atomic E-state index is -0.504. The molecular weight excluding hydrogens is 352 g/mol. The zero-order chi connectivity index (χ0) is 17.3. The topological polar surface area (TPSA) is 80.5 Å². The number of carbonyl (C=O) groups excluding carboxylic acids is 2. The molecule has 2 amide bonds. The zero-order valence-electron chi connectivity index (χ0n) is 12.3. The quantitative estimate of drug-likeness (QED) is 0.351. The predicted molar refractivity (Wildman–Crippen MR) is 90.6 cm³/mol.